The van der Waals surface area contributed by atoms with Crippen LogP contribution in [0, 0.1) is 0 Å². The maximum Gasteiger partial charge on any atom is 0.251 e. The number of likely N-dealkylation sites (tertiary alicyclic amines) is 1. The Morgan fingerprint density at radius 3 is 2.74 bits per heavy atom. The Morgan fingerprint density at radius 1 is 1.09 bits per heavy atom. The molecule has 9 nitrogen and oxygen atoms in total. The van der Waals surface area contributed by atoms with Crippen molar-refractivity contribution in [2.75, 3.05) is 25.0 Å². The Labute approximate surface area is 193 Å². The number of fused-ring (bicyclic) bond motifs is 3. The van der Waals surface area contributed by atoms with Crippen LogP contribution in [0.5, 0.6) is 17.2 Å². The lowest BCUT2D eigenvalue weighted by molar-refractivity contribution is 0.0731. The summed E-state index contributed by atoms with van der Waals surface area (Å²) < 4.78 is 27.4. The summed E-state index contributed by atoms with van der Waals surface area (Å²) in [6.07, 6.45) is -0.828. The number of phenols is 3. The van der Waals surface area contributed by atoms with E-state index in [0.717, 1.165) is 12.8 Å². The minimum absolute atomic E-state index is 0.0131. The Balaban J connectivity index is 1.53. The molecule has 2 aromatic heterocycles. The molecular weight excluding hydrogens is 446 g/mol. The Kier molecular flexibility index (Phi) is 5.78. The number of para-hydroxylation sites is 1. The van der Waals surface area contributed by atoms with Crippen LogP contribution in [0.15, 0.2) is 36.4 Å². The van der Waals surface area contributed by atoms with E-state index >= 15 is 0 Å². The molecule has 1 fully saturated rings. The summed E-state index contributed by atoms with van der Waals surface area (Å²) in [5.74, 6) is 0.594. The van der Waals surface area contributed by atoms with Gasteiger partial charge < -0.3 is 20.6 Å². The fraction of sp³-hybridized carbons (Fsp3) is 0.348. The smallest absolute Gasteiger partial charge is 0.251 e. The minimum Gasteiger partial charge on any atom is -0.508 e. The maximum atomic E-state index is 12.9. The van der Waals surface area contributed by atoms with Gasteiger partial charge in [0.15, 0.2) is 11.5 Å². The zero-order chi connectivity index (χ0) is 23.8. The molecule has 34 heavy (non-hydrogen) atoms. The molecule has 1 saturated heterocycles. The third kappa shape index (κ3) is 4.26. The highest BCUT2D eigenvalue weighted by Gasteiger charge is 2.27. The van der Waals surface area contributed by atoms with Gasteiger partial charge in [-0.05, 0) is 43.7 Å². The van der Waals surface area contributed by atoms with Gasteiger partial charge in [-0.25, -0.2) is 18.7 Å². The summed E-state index contributed by atoms with van der Waals surface area (Å²) >= 11 is 0. The molecule has 0 amide bonds. The number of hydrogen-bond acceptors (Lipinski definition) is 8. The zero-order valence-corrected chi connectivity index (χ0v) is 18.2. The van der Waals surface area contributed by atoms with Crippen LogP contribution in [-0.2, 0) is 6.54 Å². The van der Waals surface area contributed by atoms with Crippen molar-refractivity contribution < 1.29 is 24.1 Å². The molecule has 0 spiro atoms. The topological polar surface area (TPSA) is 119 Å². The first-order chi connectivity index (χ1) is 16.4. The number of nitrogens with zero attached hydrogens (tertiary/aromatic N) is 5. The van der Waals surface area contributed by atoms with Crippen LogP contribution in [0.25, 0.3) is 16.6 Å². The highest BCUT2D eigenvalue weighted by molar-refractivity contribution is 5.95. The number of rotatable bonds is 6. The Bertz CT molecular complexity index is 1350. The van der Waals surface area contributed by atoms with Gasteiger partial charge in [-0.1, -0.05) is 6.07 Å². The maximum absolute atomic E-state index is 12.9. The van der Waals surface area contributed by atoms with Crippen LogP contribution in [0.3, 0.4) is 0 Å². The molecule has 0 radical (unpaired) electrons. The number of hydrogen-bond donors (Lipinski definition) is 4. The summed E-state index contributed by atoms with van der Waals surface area (Å²) in [4.78, 5) is 11.0. The summed E-state index contributed by atoms with van der Waals surface area (Å²) in [5, 5.41) is 38.4. The Morgan fingerprint density at radius 2 is 1.94 bits per heavy atom. The monoisotopic (exact) mass is 470 g/mol. The average molecular weight is 470 g/mol. The van der Waals surface area contributed by atoms with Crippen molar-refractivity contribution in [2.45, 2.75) is 31.7 Å². The molecule has 178 valence electrons. The quantitative estimate of drug-likeness (QED) is 0.338. The minimum atomic E-state index is -2.39. The van der Waals surface area contributed by atoms with E-state index in [0.29, 0.717) is 47.0 Å². The molecule has 0 aliphatic carbocycles. The van der Waals surface area contributed by atoms with Gasteiger partial charge in [0, 0.05) is 36.0 Å². The SMILES string of the molecule is Oc1ccc(CNc2nc3c(O)cccc3c3nc([C@@H]4CCCN(CC(F)F)C4)nn23)c(O)c1. The number of phenolic OH excluding ortho intramolecular Hbond substituents is 3. The first-order valence-electron chi connectivity index (χ1n) is 11.0. The number of alkyl halides is 2. The summed E-state index contributed by atoms with van der Waals surface area (Å²) in [5.41, 5.74) is 1.36. The van der Waals surface area contributed by atoms with Crippen LogP contribution in [0.4, 0.5) is 14.7 Å². The standard InChI is InChI=1S/C23H24F2N6O3/c24-19(25)12-30-8-2-3-14(11-30)21-28-22-16-4-1-5-17(33)20(16)27-23(31(22)29-21)26-10-13-6-7-15(32)9-18(13)34/h1,4-7,9,14,19,32-34H,2-3,8,10-12H2,(H,26,27)/t14-/m1/s1. The van der Waals surface area contributed by atoms with Gasteiger partial charge in [0.25, 0.3) is 6.43 Å². The first kappa shape index (κ1) is 22.1. The van der Waals surface area contributed by atoms with E-state index in [1.165, 1.54) is 18.2 Å². The number of nitrogens with one attached hydrogen (secondary N) is 1. The van der Waals surface area contributed by atoms with Crippen molar-refractivity contribution >= 4 is 22.5 Å². The third-order valence-electron chi connectivity index (χ3n) is 6.07. The van der Waals surface area contributed by atoms with Crippen LogP contribution in [0.1, 0.15) is 30.1 Å². The lowest BCUT2D eigenvalue weighted by Crippen LogP contribution is -2.37. The van der Waals surface area contributed by atoms with Crippen molar-refractivity contribution in [3.05, 3.63) is 47.8 Å². The highest BCUT2D eigenvalue weighted by Crippen LogP contribution is 2.31. The van der Waals surface area contributed by atoms with Crippen molar-refractivity contribution in [3.63, 3.8) is 0 Å². The largest absolute Gasteiger partial charge is 0.508 e. The van der Waals surface area contributed by atoms with Gasteiger partial charge in [0.2, 0.25) is 5.95 Å². The fourth-order valence-corrected chi connectivity index (χ4v) is 4.42. The van der Waals surface area contributed by atoms with Gasteiger partial charge in [-0.3, -0.25) is 4.90 Å². The predicted octanol–water partition coefficient (Wildman–Crippen LogP) is 3.45. The normalized spacial score (nSPS) is 17.1. The van der Waals surface area contributed by atoms with Crippen LogP contribution in [-0.4, -0.2) is 65.9 Å². The molecule has 3 heterocycles. The molecule has 0 saturated carbocycles. The van der Waals surface area contributed by atoms with Gasteiger partial charge in [0.05, 0.1) is 6.54 Å². The number of anilines is 1. The number of piperidine rings is 1. The second-order valence-corrected chi connectivity index (χ2v) is 8.47. The number of aromatic nitrogens is 4. The molecule has 0 bridgehead atoms. The second-order valence-electron chi connectivity index (χ2n) is 8.47. The van der Waals surface area contributed by atoms with E-state index < -0.39 is 6.43 Å². The van der Waals surface area contributed by atoms with Crippen molar-refractivity contribution in [2.24, 2.45) is 0 Å². The van der Waals surface area contributed by atoms with E-state index in [1.54, 1.807) is 27.6 Å². The van der Waals surface area contributed by atoms with E-state index in [1.807, 2.05) is 0 Å². The van der Waals surface area contributed by atoms with E-state index in [9.17, 15) is 24.1 Å². The molecule has 0 unspecified atom stereocenters. The van der Waals surface area contributed by atoms with Crippen molar-refractivity contribution in [1.82, 2.24) is 24.5 Å². The average Bonchev–Trinajstić information content (AvgIpc) is 3.25. The van der Waals surface area contributed by atoms with E-state index in [2.05, 4.69) is 15.4 Å². The summed E-state index contributed by atoms with van der Waals surface area (Å²) in [6, 6.07) is 9.30. The lowest BCUT2D eigenvalue weighted by atomic mass is 9.97. The molecule has 11 heteroatoms. The first-order valence-corrected chi connectivity index (χ1v) is 11.0. The number of halogens is 2. The summed E-state index contributed by atoms with van der Waals surface area (Å²) in [7, 11) is 0. The van der Waals surface area contributed by atoms with E-state index in [-0.39, 0.29) is 36.3 Å². The van der Waals surface area contributed by atoms with Crippen LogP contribution in [0.2, 0.25) is 0 Å². The molecule has 5 rings (SSSR count). The molecular formula is C23H24F2N6O3. The third-order valence-corrected chi connectivity index (χ3v) is 6.07. The summed E-state index contributed by atoms with van der Waals surface area (Å²) in [6.45, 7) is 0.969. The molecule has 1 aliphatic heterocycles. The van der Waals surface area contributed by atoms with Gasteiger partial charge in [-0.15, -0.1) is 5.10 Å². The molecule has 4 aromatic rings. The van der Waals surface area contributed by atoms with Crippen molar-refractivity contribution in [1.29, 1.82) is 0 Å². The molecule has 1 atom stereocenters. The van der Waals surface area contributed by atoms with Crippen LogP contribution >= 0.6 is 0 Å². The van der Waals surface area contributed by atoms with Gasteiger partial charge in [0.1, 0.15) is 22.8 Å². The molecule has 4 N–H and O–H groups in total. The van der Waals surface area contributed by atoms with Crippen LogP contribution < -0.4 is 5.32 Å². The van der Waals surface area contributed by atoms with Gasteiger partial charge >= 0.3 is 0 Å². The predicted molar refractivity (Wildman–Crippen MR) is 121 cm³/mol. The molecule has 1 aliphatic rings. The lowest BCUT2D eigenvalue weighted by Gasteiger charge is -2.30. The second kappa shape index (κ2) is 8.90. The zero-order valence-electron chi connectivity index (χ0n) is 18.2. The van der Waals surface area contributed by atoms with Crippen molar-refractivity contribution in [3.8, 4) is 17.2 Å². The number of benzene rings is 2. The molecule has 2 aromatic carbocycles. The fourth-order valence-electron chi connectivity index (χ4n) is 4.42. The Hall–Kier alpha value is -3.73. The number of aromatic hydroxyl groups is 3. The van der Waals surface area contributed by atoms with Gasteiger partial charge in [-0.2, -0.15) is 4.52 Å². The highest BCUT2D eigenvalue weighted by atomic mass is 19.3. The van der Waals surface area contributed by atoms with E-state index in [4.69, 9.17) is 4.98 Å².